The Morgan fingerprint density at radius 2 is 1.44 bits per heavy atom. The average molecular weight is 162 g/mol. The van der Waals surface area contributed by atoms with Gasteiger partial charge in [0.25, 0.3) is 0 Å². The molecule has 3 N–H and O–H groups in total. The van der Waals surface area contributed by atoms with Crippen molar-refractivity contribution in [3.63, 3.8) is 0 Å². The van der Waals surface area contributed by atoms with Crippen LogP contribution in [0, 0.1) is 0 Å². The molecule has 5 nitrogen and oxygen atoms in total. The molecule has 0 aliphatic rings. The molecule has 0 rings (SSSR count). The van der Waals surface area contributed by atoms with Crippen molar-refractivity contribution in [3.8, 4) is 0 Å². The van der Waals surface area contributed by atoms with Crippen molar-refractivity contribution in [3.05, 3.63) is 0 Å². The first kappa shape index (κ1) is 11.9. The largest absolute Gasteiger partial charge is 2.00 e. The molecule has 0 aromatic heterocycles. The summed E-state index contributed by atoms with van der Waals surface area (Å²) >= 11 is 0. The normalized spacial score (nSPS) is 8.22. The van der Waals surface area contributed by atoms with Gasteiger partial charge in [0.15, 0.2) is 0 Å². The number of carbonyl (C=O) groups is 2. The van der Waals surface area contributed by atoms with Gasteiger partial charge in [0.2, 0.25) is 6.10 Å². The van der Waals surface area contributed by atoms with Crippen molar-refractivity contribution in [2.75, 3.05) is 0 Å². The van der Waals surface area contributed by atoms with Crippen LogP contribution in [0.5, 0.6) is 0 Å². The second kappa shape index (κ2) is 4.99. The van der Waals surface area contributed by atoms with Crippen LogP contribution in [0.15, 0.2) is 0 Å². The van der Waals surface area contributed by atoms with E-state index in [0.29, 0.717) is 0 Å². The minimum atomic E-state index is -2.30. The standard InChI is InChI=1S/C3H4O5.Ca.2H/c4-1(2(5)6)3(7)8;;;/h1,4H,(H,5,6)(H,7,8);;;/q;+2;2*-1. The molecule has 0 saturated heterocycles. The molecule has 0 heterocycles. The van der Waals surface area contributed by atoms with E-state index in [1.165, 1.54) is 0 Å². The van der Waals surface area contributed by atoms with Crippen molar-refractivity contribution in [2.45, 2.75) is 6.10 Å². The molecule has 0 bridgehead atoms. The van der Waals surface area contributed by atoms with Crippen molar-refractivity contribution < 1.29 is 27.8 Å². The summed E-state index contributed by atoms with van der Waals surface area (Å²) in [6.45, 7) is 0. The fraction of sp³-hybridized carbons (Fsp3) is 0.333. The first-order chi connectivity index (χ1) is 3.55. The molecule has 6 heteroatoms. The number of carboxylic acid groups (broad SMARTS) is 2. The van der Waals surface area contributed by atoms with Crippen LogP contribution in [0.2, 0.25) is 0 Å². The molecule has 0 radical (unpaired) electrons. The topological polar surface area (TPSA) is 94.8 Å². The van der Waals surface area contributed by atoms with Crippen LogP contribution in [-0.4, -0.2) is 71.1 Å². The zero-order valence-corrected chi connectivity index (χ0v) is 6.65. The van der Waals surface area contributed by atoms with E-state index in [-0.39, 0.29) is 40.6 Å². The number of aliphatic carboxylic acids is 2. The maximum absolute atomic E-state index is 9.51. The summed E-state index contributed by atoms with van der Waals surface area (Å²) in [4.78, 5) is 19.0. The number of aliphatic hydroxyl groups excluding tert-OH is 1. The summed E-state index contributed by atoms with van der Waals surface area (Å²) in [5, 5.41) is 23.4. The number of hydrogen-bond acceptors (Lipinski definition) is 3. The molecule has 9 heavy (non-hydrogen) atoms. The Morgan fingerprint density at radius 1 is 1.22 bits per heavy atom. The molecule has 0 spiro atoms. The minimum absolute atomic E-state index is 0. The van der Waals surface area contributed by atoms with E-state index in [2.05, 4.69) is 0 Å². The summed E-state index contributed by atoms with van der Waals surface area (Å²) in [5.41, 5.74) is 0. The molecule has 0 unspecified atom stereocenters. The Labute approximate surface area is 83.3 Å². The zero-order valence-electron chi connectivity index (χ0n) is 6.44. The Hall–Kier alpha value is 0.160. The summed E-state index contributed by atoms with van der Waals surface area (Å²) in [6.07, 6.45) is -2.30. The van der Waals surface area contributed by atoms with E-state index < -0.39 is 18.0 Å². The van der Waals surface area contributed by atoms with Gasteiger partial charge in [0, 0.05) is 0 Å². The molecular formula is C3H6CaO5. The molecule has 50 valence electrons. The fourth-order valence-electron chi connectivity index (χ4n) is 0.106. The van der Waals surface area contributed by atoms with Crippen molar-refractivity contribution in [2.24, 2.45) is 0 Å². The van der Waals surface area contributed by atoms with Gasteiger partial charge in [0.1, 0.15) is 0 Å². The molecule has 0 aliphatic carbocycles. The summed E-state index contributed by atoms with van der Waals surface area (Å²) < 4.78 is 0. The minimum Gasteiger partial charge on any atom is -1.00 e. The molecule has 0 aromatic rings. The van der Waals surface area contributed by atoms with Gasteiger partial charge in [0.05, 0.1) is 0 Å². The molecule has 0 aromatic carbocycles. The van der Waals surface area contributed by atoms with Crippen LogP contribution < -0.4 is 0 Å². The van der Waals surface area contributed by atoms with Gasteiger partial charge >= 0.3 is 49.7 Å². The van der Waals surface area contributed by atoms with Crippen molar-refractivity contribution >= 4 is 49.7 Å². The van der Waals surface area contributed by atoms with Gasteiger partial charge in [-0.1, -0.05) is 0 Å². The number of rotatable bonds is 2. The summed E-state index contributed by atoms with van der Waals surface area (Å²) in [7, 11) is 0. The predicted molar refractivity (Wildman–Crippen MR) is 29.3 cm³/mol. The SMILES string of the molecule is O=C(O)C(O)C(=O)O.[Ca+2].[H-].[H-]. The maximum atomic E-state index is 9.51. The summed E-state index contributed by atoms with van der Waals surface area (Å²) in [6, 6.07) is 0. The second-order valence-electron chi connectivity index (χ2n) is 1.08. The number of hydrogen-bond donors (Lipinski definition) is 3. The predicted octanol–water partition coefficient (Wildman–Crippen LogP) is -1.64. The van der Waals surface area contributed by atoms with E-state index >= 15 is 0 Å². The third-order valence-corrected chi connectivity index (χ3v) is 0.468. The van der Waals surface area contributed by atoms with Gasteiger partial charge in [-0.3, -0.25) is 0 Å². The molecule has 0 atom stereocenters. The third-order valence-electron chi connectivity index (χ3n) is 0.468. The molecular weight excluding hydrogens is 156 g/mol. The molecule has 0 saturated carbocycles. The quantitative estimate of drug-likeness (QED) is 0.334. The Balaban J connectivity index is -0.0000000817. The molecule has 0 amide bonds. The van der Waals surface area contributed by atoms with Crippen LogP contribution in [0.3, 0.4) is 0 Å². The van der Waals surface area contributed by atoms with E-state index in [4.69, 9.17) is 15.3 Å². The van der Waals surface area contributed by atoms with E-state index in [9.17, 15) is 9.59 Å². The van der Waals surface area contributed by atoms with Gasteiger partial charge < -0.3 is 18.2 Å². The molecule has 0 fully saturated rings. The summed E-state index contributed by atoms with van der Waals surface area (Å²) in [5.74, 6) is -3.50. The third kappa shape index (κ3) is 4.65. The maximum Gasteiger partial charge on any atom is 2.00 e. The molecule has 0 aliphatic heterocycles. The van der Waals surface area contributed by atoms with Crippen molar-refractivity contribution in [1.29, 1.82) is 0 Å². The Morgan fingerprint density at radius 3 is 1.44 bits per heavy atom. The van der Waals surface area contributed by atoms with E-state index in [1.54, 1.807) is 0 Å². The van der Waals surface area contributed by atoms with Crippen LogP contribution in [0.25, 0.3) is 0 Å². The Bertz CT molecular complexity index is 115. The van der Waals surface area contributed by atoms with Gasteiger partial charge in [-0.15, -0.1) is 0 Å². The van der Waals surface area contributed by atoms with Gasteiger partial charge in [-0.05, 0) is 0 Å². The van der Waals surface area contributed by atoms with Gasteiger partial charge in [-0.25, -0.2) is 9.59 Å². The van der Waals surface area contributed by atoms with Crippen LogP contribution in [0.1, 0.15) is 2.85 Å². The first-order valence-corrected chi connectivity index (χ1v) is 1.69. The number of carboxylic acids is 2. The smallest absolute Gasteiger partial charge is 1.00 e. The average Bonchev–Trinajstić information content (AvgIpc) is 1.64. The van der Waals surface area contributed by atoms with Crippen LogP contribution in [-0.2, 0) is 9.59 Å². The van der Waals surface area contributed by atoms with Crippen LogP contribution >= 0.6 is 0 Å². The zero-order chi connectivity index (χ0) is 6.73. The second-order valence-corrected chi connectivity index (χ2v) is 1.08. The van der Waals surface area contributed by atoms with E-state index in [1.807, 2.05) is 0 Å². The van der Waals surface area contributed by atoms with E-state index in [0.717, 1.165) is 0 Å². The Kier molecular flexibility index (Phi) is 6.59. The van der Waals surface area contributed by atoms with Crippen LogP contribution in [0.4, 0.5) is 0 Å². The fourth-order valence-corrected chi connectivity index (χ4v) is 0.106. The first-order valence-electron chi connectivity index (χ1n) is 1.69. The van der Waals surface area contributed by atoms with Crippen molar-refractivity contribution in [1.82, 2.24) is 0 Å². The van der Waals surface area contributed by atoms with Gasteiger partial charge in [-0.2, -0.15) is 0 Å². The monoisotopic (exact) mass is 162 g/mol. The number of aliphatic hydroxyl groups is 1.